The number of rotatable bonds is 7. The van der Waals surface area contributed by atoms with Crippen molar-refractivity contribution in [2.45, 2.75) is 96.6 Å². The highest BCUT2D eigenvalue weighted by atomic mass is 28.3. The van der Waals surface area contributed by atoms with Gasteiger partial charge in [-0.1, -0.05) is 31.8 Å². The summed E-state index contributed by atoms with van der Waals surface area (Å²) in [6, 6.07) is 9.72. The van der Waals surface area contributed by atoms with Crippen LogP contribution in [0.5, 0.6) is 0 Å². The Hall–Kier alpha value is -2.00. The van der Waals surface area contributed by atoms with Crippen LogP contribution in [0.15, 0.2) is 24.3 Å². The molecule has 2 aromatic heterocycles. The van der Waals surface area contributed by atoms with Crippen molar-refractivity contribution in [2.75, 3.05) is 19.8 Å². The molecule has 36 heavy (non-hydrogen) atoms. The van der Waals surface area contributed by atoms with Crippen molar-refractivity contribution in [3.63, 3.8) is 0 Å². The van der Waals surface area contributed by atoms with E-state index < -0.39 is 13.9 Å². The van der Waals surface area contributed by atoms with Gasteiger partial charge in [0, 0.05) is 33.4 Å². The van der Waals surface area contributed by atoms with Crippen molar-refractivity contribution < 1.29 is 14.2 Å². The first-order chi connectivity index (χ1) is 17.0. The van der Waals surface area contributed by atoms with Crippen LogP contribution in [0.3, 0.4) is 0 Å². The minimum absolute atomic E-state index is 0.194. The molecule has 1 atom stereocenters. The van der Waals surface area contributed by atoms with Crippen molar-refractivity contribution >= 4 is 19.1 Å². The van der Waals surface area contributed by atoms with Crippen molar-refractivity contribution in [1.29, 1.82) is 0 Å². The molecule has 1 saturated heterocycles. The van der Waals surface area contributed by atoms with Gasteiger partial charge in [-0.25, -0.2) is 4.98 Å². The highest BCUT2D eigenvalue weighted by molar-refractivity contribution is 6.76. The third-order valence-corrected chi connectivity index (χ3v) is 9.15. The third-order valence-electron chi connectivity index (χ3n) is 7.44. The van der Waals surface area contributed by atoms with Crippen molar-refractivity contribution in [1.82, 2.24) is 19.3 Å². The maximum Gasteiger partial charge on any atom is 0.169 e. The van der Waals surface area contributed by atoms with E-state index in [4.69, 9.17) is 24.3 Å². The van der Waals surface area contributed by atoms with Gasteiger partial charge in [-0.15, -0.1) is 0 Å². The normalized spacial score (nSPS) is 20.2. The van der Waals surface area contributed by atoms with E-state index in [9.17, 15) is 0 Å². The van der Waals surface area contributed by atoms with Crippen LogP contribution < -0.4 is 0 Å². The minimum Gasteiger partial charge on any atom is -0.361 e. The lowest BCUT2D eigenvalue weighted by Crippen LogP contribution is -2.26. The maximum atomic E-state index is 6.27. The highest BCUT2D eigenvalue weighted by Crippen LogP contribution is 2.46. The Morgan fingerprint density at radius 2 is 1.92 bits per heavy atom. The summed E-state index contributed by atoms with van der Waals surface area (Å²) in [6.45, 7) is 18.6. The number of aromatic nitrogens is 4. The van der Waals surface area contributed by atoms with Crippen LogP contribution in [0.25, 0.3) is 22.6 Å². The largest absolute Gasteiger partial charge is 0.361 e. The second-order valence-electron chi connectivity index (χ2n) is 12.7. The predicted octanol–water partition coefficient (Wildman–Crippen LogP) is 6.29. The van der Waals surface area contributed by atoms with Gasteiger partial charge in [0.15, 0.2) is 11.6 Å². The van der Waals surface area contributed by atoms with E-state index in [1.54, 1.807) is 0 Å². The average Bonchev–Trinajstić information content (AvgIpc) is 3.57. The molecule has 8 heteroatoms. The average molecular weight is 511 g/mol. The number of nitrogens with zero attached hydrogens (tertiary/aromatic N) is 4. The molecule has 1 aromatic carbocycles. The first kappa shape index (κ1) is 25.6. The molecule has 5 rings (SSSR count). The zero-order chi connectivity index (χ0) is 25.7. The van der Waals surface area contributed by atoms with Gasteiger partial charge < -0.3 is 14.2 Å². The Labute approximate surface area is 216 Å². The summed E-state index contributed by atoms with van der Waals surface area (Å²) in [7, 11) is -1.17. The van der Waals surface area contributed by atoms with Crippen molar-refractivity contribution in [3.8, 4) is 11.5 Å². The topological polar surface area (TPSA) is 63.3 Å². The highest BCUT2D eigenvalue weighted by Gasteiger charge is 2.45. The van der Waals surface area contributed by atoms with Crippen molar-refractivity contribution in [2.24, 2.45) is 0 Å². The Morgan fingerprint density at radius 1 is 1.17 bits per heavy atom. The molecule has 196 valence electrons. The van der Waals surface area contributed by atoms with Crippen LogP contribution >= 0.6 is 0 Å². The molecular weight excluding hydrogens is 468 g/mol. The second-order valence-corrected chi connectivity index (χ2v) is 18.4. The molecule has 1 spiro atoms. The fourth-order valence-corrected chi connectivity index (χ4v) is 6.23. The van der Waals surface area contributed by atoms with Crippen LogP contribution in [-0.2, 0) is 26.5 Å². The van der Waals surface area contributed by atoms with E-state index in [2.05, 4.69) is 80.9 Å². The van der Waals surface area contributed by atoms with E-state index in [-0.39, 0.29) is 5.54 Å². The van der Waals surface area contributed by atoms with Gasteiger partial charge in [-0.05, 0) is 57.9 Å². The monoisotopic (exact) mass is 510 g/mol. The van der Waals surface area contributed by atoms with E-state index in [0.29, 0.717) is 25.9 Å². The second kappa shape index (κ2) is 9.38. The summed E-state index contributed by atoms with van der Waals surface area (Å²) in [5.41, 5.74) is 5.28. The van der Waals surface area contributed by atoms with Crippen LogP contribution in [0.4, 0.5) is 0 Å². The first-order valence-electron chi connectivity index (χ1n) is 13.4. The van der Waals surface area contributed by atoms with Crippen molar-refractivity contribution in [3.05, 3.63) is 35.5 Å². The van der Waals surface area contributed by atoms with E-state index >= 15 is 0 Å². The van der Waals surface area contributed by atoms with Gasteiger partial charge >= 0.3 is 0 Å². The molecule has 2 fully saturated rings. The summed E-state index contributed by atoms with van der Waals surface area (Å²) >= 11 is 0. The Balaban J connectivity index is 1.54. The number of hydrogen-bond acceptors (Lipinski definition) is 5. The molecule has 1 saturated carbocycles. The standard InChI is InChI=1S/C28H42N4O3Si/c1-20-9-8-10-22-25(20)31(19-33-15-16-36(5,6)7)26(29-22)24-17-23(30-32(24)27(2,3)4)21-11-12-28(18-21)34-13-14-35-28/h8-10,17,21H,11-16,18-19H2,1-7H3. The molecule has 0 amide bonds. The molecule has 1 aliphatic heterocycles. The molecular formula is C28H42N4O3Si. The van der Waals surface area contributed by atoms with Gasteiger partial charge in [-0.2, -0.15) is 5.10 Å². The first-order valence-corrected chi connectivity index (χ1v) is 17.1. The lowest BCUT2D eigenvalue weighted by atomic mass is 10.0. The molecule has 0 radical (unpaired) electrons. The number of imidazole rings is 1. The summed E-state index contributed by atoms with van der Waals surface area (Å²) in [4.78, 5) is 5.14. The van der Waals surface area contributed by atoms with Gasteiger partial charge in [0.1, 0.15) is 12.4 Å². The summed E-state index contributed by atoms with van der Waals surface area (Å²) in [5, 5.41) is 5.17. The zero-order valence-corrected chi connectivity index (χ0v) is 24.1. The number of fused-ring (bicyclic) bond motifs is 1. The molecule has 1 aliphatic carbocycles. The van der Waals surface area contributed by atoms with Crippen LogP contribution in [0.1, 0.15) is 57.2 Å². The molecule has 7 nitrogen and oxygen atoms in total. The molecule has 0 N–H and O–H groups in total. The Kier molecular flexibility index (Phi) is 6.68. The van der Waals surface area contributed by atoms with E-state index in [1.165, 1.54) is 5.56 Å². The maximum absolute atomic E-state index is 6.27. The van der Waals surface area contributed by atoms with Crippen LogP contribution in [0.2, 0.25) is 25.7 Å². The summed E-state index contributed by atoms with van der Waals surface area (Å²) in [6.07, 6.45) is 2.82. The SMILES string of the molecule is Cc1cccc2nc(-c3cc(C4CCC5(C4)OCCO5)nn3C(C)(C)C)n(COCC[Si](C)(C)C)c12. The van der Waals surface area contributed by atoms with Gasteiger partial charge in [0.2, 0.25) is 0 Å². The van der Waals surface area contributed by atoms with Gasteiger partial charge in [-0.3, -0.25) is 9.25 Å². The molecule has 0 bridgehead atoms. The zero-order valence-electron chi connectivity index (χ0n) is 23.1. The predicted molar refractivity (Wildman–Crippen MR) is 146 cm³/mol. The summed E-state index contributed by atoms with van der Waals surface area (Å²) in [5.74, 6) is 0.824. The molecule has 3 aromatic rings. The van der Waals surface area contributed by atoms with E-state index in [0.717, 1.165) is 60.2 Å². The fraction of sp³-hybridized carbons (Fsp3) is 0.643. The molecule has 2 aliphatic rings. The van der Waals surface area contributed by atoms with Gasteiger partial charge in [0.05, 0.1) is 35.5 Å². The smallest absolute Gasteiger partial charge is 0.169 e. The number of ether oxygens (including phenoxy) is 3. The number of hydrogen-bond donors (Lipinski definition) is 0. The van der Waals surface area contributed by atoms with E-state index in [1.807, 2.05) is 0 Å². The van der Waals surface area contributed by atoms with Gasteiger partial charge in [0.25, 0.3) is 0 Å². The molecule has 1 unspecified atom stereocenters. The molecule has 3 heterocycles. The third kappa shape index (κ3) is 5.05. The van der Waals surface area contributed by atoms with Crippen LogP contribution in [-0.4, -0.2) is 53.0 Å². The number of benzene rings is 1. The lowest BCUT2D eigenvalue weighted by Gasteiger charge is -2.23. The number of aryl methyl sites for hydroxylation is 1. The Morgan fingerprint density at radius 3 is 2.61 bits per heavy atom. The quantitative estimate of drug-likeness (QED) is 0.276. The summed E-state index contributed by atoms with van der Waals surface area (Å²) < 4.78 is 22.7. The minimum atomic E-state index is -1.17. The fourth-order valence-electron chi connectivity index (χ4n) is 5.48. The Bertz CT molecular complexity index is 1230. The number of para-hydroxylation sites is 1. The van der Waals surface area contributed by atoms with Crippen LogP contribution in [0, 0.1) is 6.92 Å². The lowest BCUT2D eigenvalue weighted by molar-refractivity contribution is -0.151.